The molecule has 6 heteroatoms. The summed E-state index contributed by atoms with van der Waals surface area (Å²) in [5.41, 5.74) is 2.50. The molecule has 0 aromatic heterocycles. The molecular formula is C24H24N2O3S. The molecular weight excluding hydrogens is 396 g/mol. The Balaban J connectivity index is 1.55. The number of hydrogen-bond donors (Lipinski definition) is 2. The van der Waals surface area contributed by atoms with Crippen molar-refractivity contribution >= 4 is 28.4 Å². The van der Waals surface area contributed by atoms with Crippen LogP contribution >= 0.6 is 11.8 Å². The normalized spacial score (nSPS) is 10.6. The van der Waals surface area contributed by atoms with Crippen molar-refractivity contribution in [2.75, 3.05) is 13.2 Å². The zero-order chi connectivity index (χ0) is 21.5. The molecule has 3 rings (SSSR count). The fraction of sp³-hybridized carbons (Fsp3) is 0.250. The van der Waals surface area contributed by atoms with Gasteiger partial charge in [-0.3, -0.25) is 4.79 Å². The highest BCUT2D eigenvalue weighted by molar-refractivity contribution is 8.04. The highest BCUT2D eigenvalue weighted by atomic mass is 32.2. The number of carbonyl (C=O) groups is 1. The van der Waals surface area contributed by atoms with Gasteiger partial charge in [0.05, 0.1) is 12.2 Å². The van der Waals surface area contributed by atoms with Crippen LogP contribution in [-0.4, -0.2) is 24.2 Å². The summed E-state index contributed by atoms with van der Waals surface area (Å²) in [6.45, 7) is 5.12. The number of carbonyl (C=O) groups excluding carboxylic acids is 1. The van der Waals surface area contributed by atoms with Crippen LogP contribution in [0, 0.1) is 24.5 Å². The molecule has 3 aromatic rings. The highest BCUT2D eigenvalue weighted by Crippen LogP contribution is 2.36. The van der Waals surface area contributed by atoms with Gasteiger partial charge in [-0.2, -0.15) is 5.26 Å². The van der Waals surface area contributed by atoms with Gasteiger partial charge in [0.25, 0.3) is 5.91 Å². The summed E-state index contributed by atoms with van der Waals surface area (Å²) in [7, 11) is 0. The van der Waals surface area contributed by atoms with Crippen LogP contribution in [0.15, 0.2) is 53.4 Å². The van der Waals surface area contributed by atoms with Gasteiger partial charge in [0.1, 0.15) is 16.9 Å². The summed E-state index contributed by atoms with van der Waals surface area (Å²) in [6, 6.07) is 14.9. The zero-order valence-electron chi connectivity index (χ0n) is 17.1. The van der Waals surface area contributed by atoms with E-state index in [2.05, 4.69) is 18.3 Å². The fourth-order valence-corrected chi connectivity index (χ4v) is 3.86. The van der Waals surface area contributed by atoms with Gasteiger partial charge >= 0.3 is 0 Å². The molecule has 3 aromatic carbocycles. The van der Waals surface area contributed by atoms with Gasteiger partial charge in [-0.25, -0.2) is 0 Å². The molecule has 0 saturated carbocycles. The topological polar surface area (TPSA) is 82.3 Å². The number of nitrogens with one attached hydrogen (secondary N) is 1. The first-order valence-electron chi connectivity index (χ1n) is 9.80. The number of thioether (sulfide) groups is 1. The van der Waals surface area contributed by atoms with E-state index in [9.17, 15) is 9.90 Å². The van der Waals surface area contributed by atoms with Crippen molar-refractivity contribution in [1.29, 1.82) is 5.26 Å². The second kappa shape index (κ2) is 10.0. The minimum absolute atomic E-state index is 0.0661. The summed E-state index contributed by atoms with van der Waals surface area (Å²) >= 11 is 0.978. The number of rotatable bonds is 8. The number of fused-ring (bicyclic) bond motifs is 1. The van der Waals surface area contributed by atoms with Gasteiger partial charge in [0, 0.05) is 22.2 Å². The van der Waals surface area contributed by atoms with Crippen LogP contribution < -0.4 is 10.1 Å². The molecule has 0 bridgehead atoms. The van der Waals surface area contributed by atoms with Crippen LogP contribution in [0.1, 0.15) is 34.3 Å². The number of benzene rings is 3. The number of unbranched alkanes of at least 4 members (excludes halogenated alkanes) is 1. The van der Waals surface area contributed by atoms with E-state index >= 15 is 0 Å². The van der Waals surface area contributed by atoms with Crippen LogP contribution in [0.25, 0.3) is 10.8 Å². The van der Waals surface area contributed by atoms with Crippen molar-refractivity contribution in [3.8, 4) is 16.9 Å². The van der Waals surface area contributed by atoms with Crippen LogP contribution in [0.3, 0.4) is 0 Å². The lowest BCUT2D eigenvalue weighted by Gasteiger charge is -2.12. The first-order valence-corrected chi connectivity index (χ1v) is 10.6. The molecule has 0 fully saturated rings. The van der Waals surface area contributed by atoms with E-state index in [-0.39, 0.29) is 17.2 Å². The molecule has 1 amide bonds. The van der Waals surface area contributed by atoms with Crippen molar-refractivity contribution < 1.29 is 14.6 Å². The molecule has 0 aliphatic heterocycles. The number of hydrogen-bond acceptors (Lipinski definition) is 5. The average molecular weight is 421 g/mol. The lowest BCUT2D eigenvalue weighted by Crippen LogP contribution is -2.25. The number of ether oxygens (including phenoxy) is 1. The van der Waals surface area contributed by atoms with Crippen molar-refractivity contribution in [1.82, 2.24) is 5.32 Å². The zero-order valence-corrected chi connectivity index (χ0v) is 17.9. The van der Waals surface area contributed by atoms with Crippen molar-refractivity contribution in [3.05, 3.63) is 65.2 Å². The summed E-state index contributed by atoms with van der Waals surface area (Å²) in [6.07, 6.45) is 1.55. The van der Waals surface area contributed by atoms with E-state index < -0.39 is 0 Å². The number of phenols is 1. The van der Waals surface area contributed by atoms with Crippen LogP contribution in [0.5, 0.6) is 11.5 Å². The molecule has 2 N–H and O–H groups in total. The van der Waals surface area contributed by atoms with Gasteiger partial charge in [0.15, 0.2) is 0 Å². The molecule has 0 radical (unpaired) electrons. The molecule has 0 heterocycles. The Bertz CT molecular complexity index is 1110. The van der Waals surface area contributed by atoms with E-state index in [1.807, 2.05) is 36.6 Å². The van der Waals surface area contributed by atoms with Crippen molar-refractivity contribution in [2.24, 2.45) is 0 Å². The van der Waals surface area contributed by atoms with E-state index in [4.69, 9.17) is 10.00 Å². The Morgan fingerprint density at radius 1 is 1.13 bits per heavy atom. The molecule has 30 heavy (non-hydrogen) atoms. The van der Waals surface area contributed by atoms with E-state index in [1.54, 1.807) is 18.2 Å². The first kappa shape index (κ1) is 21.5. The Kier molecular flexibility index (Phi) is 7.21. The number of nitriles is 1. The Hall–Kier alpha value is -3.17. The van der Waals surface area contributed by atoms with Crippen molar-refractivity contribution in [2.45, 2.75) is 31.6 Å². The van der Waals surface area contributed by atoms with Gasteiger partial charge in [-0.1, -0.05) is 42.0 Å². The number of nitrogens with zero attached hydrogens (tertiary/aromatic N) is 1. The number of phenolic OH excluding ortho intramolecular Hbond substituents is 1. The predicted molar refractivity (Wildman–Crippen MR) is 120 cm³/mol. The third-order valence-corrected chi connectivity index (χ3v) is 5.47. The maximum Gasteiger partial charge on any atom is 0.255 e. The minimum atomic E-state index is -0.353. The maximum absolute atomic E-state index is 12.6. The smallest absolute Gasteiger partial charge is 0.255 e. The number of amides is 1. The summed E-state index contributed by atoms with van der Waals surface area (Å²) in [5, 5.41) is 25.8. The molecule has 5 nitrogen and oxygen atoms in total. The molecule has 0 aliphatic carbocycles. The number of aromatic hydroxyl groups is 1. The molecule has 0 atom stereocenters. The number of aryl methyl sites for hydroxylation is 2. The van der Waals surface area contributed by atoms with Gasteiger partial charge in [0.2, 0.25) is 0 Å². The van der Waals surface area contributed by atoms with E-state index in [1.165, 1.54) is 5.56 Å². The molecule has 0 saturated heterocycles. The molecule has 0 spiro atoms. The Morgan fingerprint density at radius 3 is 2.63 bits per heavy atom. The highest BCUT2D eigenvalue weighted by Gasteiger charge is 2.17. The predicted octanol–water partition coefficient (Wildman–Crippen LogP) is 5.32. The molecule has 154 valence electrons. The third kappa shape index (κ3) is 5.05. The Morgan fingerprint density at radius 2 is 1.90 bits per heavy atom. The monoisotopic (exact) mass is 420 g/mol. The average Bonchev–Trinajstić information content (AvgIpc) is 2.74. The van der Waals surface area contributed by atoms with E-state index in [0.29, 0.717) is 23.4 Å². The largest absolute Gasteiger partial charge is 0.506 e. The standard InChI is InChI=1S/C24H24N2O3S/c1-16-9-10-21(17(2)13-16)29-12-6-5-11-26-24(28)20-14-22(30-15-25)18-7-3-4-8-19(18)23(20)27/h3-4,7-10,13-14,27H,5-6,11-12H2,1-2H3,(H,26,28). The van der Waals surface area contributed by atoms with Gasteiger partial charge < -0.3 is 15.2 Å². The first-order chi connectivity index (χ1) is 14.5. The summed E-state index contributed by atoms with van der Waals surface area (Å²) in [4.78, 5) is 13.3. The van der Waals surface area contributed by atoms with Crippen LogP contribution in [0.2, 0.25) is 0 Å². The maximum atomic E-state index is 12.6. The minimum Gasteiger partial charge on any atom is -0.506 e. The van der Waals surface area contributed by atoms with Crippen LogP contribution in [0.4, 0.5) is 0 Å². The summed E-state index contributed by atoms with van der Waals surface area (Å²) in [5.74, 6) is 0.463. The second-order valence-electron chi connectivity index (χ2n) is 7.09. The SMILES string of the molecule is Cc1ccc(OCCCCNC(=O)c2cc(SC#N)c3ccccc3c2O)c(C)c1. The second-order valence-corrected chi connectivity index (χ2v) is 7.92. The Labute approximate surface area is 180 Å². The third-order valence-electron chi connectivity index (χ3n) is 4.82. The van der Waals surface area contributed by atoms with Crippen LogP contribution in [-0.2, 0) is 0 Å². The van der Waals surface area contributed by atoms with E-state index in [0.717, 1.165) is 41.3 Å². The lowest BCUT2D eigenvalue weighted by atomic mass is 10.0. The molecule has 0 unspecified atom stereocenters. The lowest BCUT2D eigenvalue weighted by molar-refractivity contribution is 0.0949. The van der Waals surface area contributed by atoms with Crippen molar-refractivity contribution in [3.63, 3.8) is 0 Å². The summed E-state index contributed by atoms with van der Waals surface area (Å²) < 4.78 is 5.81. The quantitative estimate of drug-likeness (QED) is 0.293. The molecule has 0 aliphatic rings. The number of thiocyanates is 1. The fourth-order valence-electron chi connectivity index (χ4n) is 3.30. The van der Waals surface area contributed by atoms with Gasteiger partial charge in [-0.15, -0.1) is 0 Å². The van der Waals surface area contributed by atoms with Gasteiger partial charge in [-0.05, 0) is 56.1 Å².